The largest absolute Gasteiger partial charge is 0.480 e. The fourth-order valence-electron chi connectivity index (χ4n) is 1.71. The molecule has 0 fully saturated rings. The summed E-state index contributed by atoms with van der Waals surface area (Å²) in [5, 5.41) is 17.8. The van der Waals surface area contributed by atoms with Gasteiger partial charge in [0.2, 0.25) is 5.91 Å². The van der Waals surface area contributed by atoms with Crippen molar-refractivity contribution in [3.05, 3.63) is 30.3 Å². The minimum Gasteiger partial charge on any atom is -0.480 e. The number of carbonyl (C=O) groups is 2. The molecule has 0 saturated carbocycles. The maximum atomic E-state index is 10.9. The number of benzene rings is 1. The van der Waals surface area contributed by atoms with E-state index >= 15 is 0 Å². The van der Waals surface area contributed by atoms with E-state index in [2.05, 4.69) is 16.0 Å². The van der Waals surface area contributed by atoms with Crippen LogP contribution in [0.3, 0.4) is 0 Å². The zero-order valence-corrected chi connectivity index (χ0v) is 12.6. The number of carboxylic acids is 1. The molecule has 0 radical (unpaired) electrons. The molecule has 1 aromatic carbocycles. The number of carbonyl (C=O) groups excluding carboxylic acids is 1. The number of nitrogens with one attached hydrogen (secondary N) is 3. The van der Waals surface area contributed by atoms with Crippen molar-refractivity contribution in [1.82, 2.24) is 10.6 Å². The average molecular weight is 309 g/mol. The lowest BCUT2D eigenvalue weighted by molar-refractivity contribution is -0.141. The Kier molecular flexibility index (Phi) is 7.17. The summed E-state index contributed by atoms with van der Waals surface area (Å²) in [6, 6.07) is 8.64. The molecule has 0 aliphatic carbocycles. The van der Waals surface area contributed by atoms with Gasteiger partial charge in [-0.1, -0.05) is 18.2 Å². The van der Waals surface area contributed by atoms with Gasteiger partial charge in [-0.2, -0.15) is 0 Å². The van der Waals surface area contributed by atoms with Crippen LogP contribution in [-0.2, 0) is 9.59 Å². The molecule has 0 aliphatic heterocycles. The second-order valence-corrected chi connectivity index (χ2v) is 4.89. The predicted molar refractivity (Wildman–Crippen MR) is 85.1 cm³/mol. The number of amides is 1. The molecule has 114 valence electrons. The molecule has 1 aromatic rings. The van der Waals surface area contributed by atoms with Crippen LogP contribution < -0.4 is 16.0 Å². The summed E-state index contributed by atoms with van der Waals surface area (Å²) in [7, 11) is 0. The summed E-state index contributed by atoms with van der Waals surface area (Å²) < 4.78 is 0. The van der Waals surface area contributed by atoms with E-state index in [1.807, 2.05) is 30.3 Å². The molecule has 4 N–H and O–H groups in total. The summed E-state index contributed by atoms with van der Waals surface area (Å²) >= 11 is 5.13. The van der Waals surface area contributed by atoms with Crippen LogP contribution in [0, 0.1) is 0 Å². The van der Waals surface area contributed by atoms with E-state index in [0.29, 0.717) is 24.5 Å². The van der Waals surface area contributed by atoms with E-state index in [0.717, 1.165) is 5.69 Å². The third-order valence-electron chi connectivity index (χ3n) is 2.66. The SMILES string of the molecule is CC(=O)NC(CCCNC(=S)Nc1ccccc1)C(=O)O. The zero-order chi connectivity index (χ0) is 15.7. The van der Waals surface area contributed by atoms with E-state index in [9.17, 15) is 9.59 Å². The molecule has 6 nitrogen and oxygen atoms in total. The Morgan fingerprint density at radius 3 is 2.52 bits per heavy atom. The maximum Gasteiger partial charge on any atom is 0.326 e. The first-order valence-electron chi connectivity index (χ1n) is 6.59. The van der Waals surface area contributed by atoms with Gasteiger partial charge in [-0.25, -0.2) is 4.79 Å². The van der Waals surface area contributed by atoms with Crippen molar-refractivity contribution < 1.29 is 14.7 Å². The van der Waals surface area contributed by atoms with Crippen LogP contribution in [0.15, 0.2) is 30.3 Å². The number of anilines is 1. The summed E-state index contributed by atoms with van der Waals surface area (Å²) in [4.78, 5) is 21.8. The highest BCUT2D eigenvalue weighted by atomic mass is 32.1. The van der Waals surface area contributed by atoms with Crippen molar-refractivity contribution in [3.63, 3.8) is 0 Å². The number of hydrogen-bond acceptors (Lipinski definition) is 3. The fourth-order valence-corrected chi connectivity index (χ4v) is 1.93. The minimum atomic E-state index is -1.03. The first-order valence-corrected chi connectivity index (χ1v) is 6.99. The number of rotatable bonds is 7. The summed E-state index contributed by atoms with van der Waals surface area (Å²) in [6.45, 7) is 1.83. The van der Waals surface area contributed by atoms with Crippen LogP contribution in [0.25, 0.3) is 0 Å². The van der Waals surface area contributed by atoms with Gasteiger partial charge in [0.05, 0.1) is 0 Å². The van der Waals surface area contributed by atoms with Crippen LogP contribution in [0.4, 0.5) is 5.69 Å². The lowest BCUT2D eigenvalue weighted by atomic mass is 10.1. The van der Waals surface area contributed by atoms with Crippen LogP contribution in [0.1, 0.15) is 19.8 Å². The zero-order valence-electron chi connectivity index (χ0n) is 11.8. The van der Waals surface area contributed by atoms with Gasteiger partial charge in [0.15, 0.2) is 5.11 Å². The molecule has 21 heavy (non-hydrogen) atoms. The summed E-state index contributed by atoms with van der Waals surface area (Å²) in [5.74, 6) is -1.38. The van der Waals surface area contributed by atoms with E-state index in [1.165, 1.54) is 6.92 Å². The smallest absolute Gasteiger partial charge is 0.326 e. The Morgan fingerprint density at radius 2 is 1.95 bits per heavy atom. The van der Waals surface area contributed by atoms with Crippen molar-refractivity contribution in [1.29, 1.82) is 0 Å². The third-order valence-corrected chi connectivity index (χ3v) is 2.91. The third kappa shape index (κ3) is 7.26. The molecule has 7 heteroatoms. The molecule has 0 saturated heterocycles. The minimum absolute atomic E-state index is 0.343. The highest BCUT2D eigenvalue weighted by Crippen LogP contribution is 2.04. The maximum absolute atomic E-state index is 10.9. The molecule has 0 aromatic heterocycles. The second-order valence-electron chi connectivity index (χ2n) is 4.48. The normalized spacial score (nSPS) is 11.3. The fraction of sp³-hybridized carbons (Fsp3) is 0.357. The first kappa shape index (κ1) is 16.9. The van der Waals surface area contributed by atoms with Gasteiger partial charge in [0.25, 0.3) is 0 Å². The van der Waals surface area contributed by atoms with Gasteiger partial charge >= 0.3 is 5.97 Å². The molecule has 0 aliphatic rings. The van der Waals surface area contributed by atoms with Crippen LogP contribution in [0.5, 0.6) is 0 Å². The number of aliphatic carboxylic acids is 1. The second kappa shape index (κ2) is 8.91. The average Bonchev–Trinajstić information content (AvgIpc) is 2.42. The van der Waals surface area contributed by atoms with Crippen molar-refractivity contribution in [2.45, 2.75) is 25.8 Å². The first-order chi connectivity index (χ1) is 9.99. The molecule has 1 rings (SSSR count). The lowest BCUT2D eigenvalue weighted by Gasteiger charge is -2.14. The highest BCUT2D eigenvalue weighted by Gasteiger charge is 2.17. The van der Waals surface area contributed by atoms with Crippen LogP contribution in [0.2, 0.25) is 0 Å². The summed E-state index contributed by atoms with van der Waals surface area (Å²) in [5.41, 5.74) is 0.886. The predicted octanol–water partition coefficient (Wildman–Crippen LogP) is 1.34. The standard InChI is InChI=1S/C14H19N3O3S/c1-10(18)16-12(13(19)20)8-5-9-15-14(21)17-11-6-3-2-4-7-11/h2-4,6-7,12H,5,8-9H2,1H3,(H,16,18)(H,19,20)(H2,15,17,21). The van der Waals surface area contributed by atoms with Gasteiger partial charge in [-0.3, -0.25) is 4.79 Å². The molecule has 0 bridgehead atoms. The monoisotopic (exact) mass is 309 g/mol. The topological polar surface area (TPSA) is 90.5 Å². The van der Waals surface area contributed by atoms with Crippen molar-refractivity contribution >= 4 is 34.9 Å². The van der Waals surface area contributed by atoms with E-state index < -0.39 is 12.0 Å². The van der Waals surface area contributed by atoms with Crippen LogP contribution >= 0.6 is 12.2 Å². The Labute approximate surface area is 128 Å². The molecule has 1 unspecified atom stereocenters. The molecule has 0 heterocycles. The highest BCUT2D eigenvalue weighted by molar-refractivity contribution is 7.80. The van der Waals surface area contributed by atoms with Crippen molar-refractivity contribution in [2.75, 3.05) is 11.9 Å². The Morgan fingerprint density at radius 1 is 1.29 bits per heavy atom. The number of hydrogen-bond donors (Lipinski definition) is 4. The quantitative estimate of drug-likeness (QED) is 0.449. The van der Waals surface area contributed by atoms with E-state index in [4.69, 9.17) is 17.3 Å². The Bertz CT molecular complexity index is 493. The van der Waals surface area contributed by atoms with Gasteiger partial charge in [-0.05, 0) is 37.2 Å². The molecule has 1 amide bonds. The molecule has 0 spiro atoms. The lowest BCUT2D eigenvalue weighted by Crippen LogP contribution is -2.40. The van der Waals surface area contributed by atoms with Crippen molar-refractivity contribution in [2.24, 2.45) is 0 Å². The number of para-hydroxylation sites is 1. The number of carboxylic acid groups (broad SMARTS) is 1. The van der Waals surface area contributed by atoms with Crippen LogP contribution in [-0.4, -0.2) is 34.7 Å². The Hall–Kier alpha value is -2.15. The van der Waals surface area contributed by atoms with Gasteiger partial charge < -0.3 is 21.1 Å². The molecular formula is C14H19N3O3S. The molecular weight excluding hydrogens is 290 g/mol. The summed E-state index contributed by atoms with van der Waals surface area (Å²) in [6.07, 6.45) is 0.920. The van der Waals surface area contributed by atoms with E-state index in [1.54, 1.807) is 0 Å². The van der Waals surface area contributed by atoms with Gasteiger partial charge in [0, 0.05) is 19.2 Å². The molecule has 1 atom stereocenters. The van der Waals surface area contributed by atoms with Gasteiger partial charge in [-0.15, -0.1) is 0 Å². The van der Waals surface area contributed by atoms with Gasteiger partial charge in [0.1, 0.15) is 6.04 Å². The Balaban J connectivity index is 2.25. The van der Waals surface area contributed by atoms with Crippen molar-refractivity contribution in [3.8, 4) is 0 Å². The number of thiocarbonyl (C=S) groups is 1. The van der Waals surface area contributed by atoms with E-state index in [-0.39, 0.29) is 5.91 Å².